The summed E-state index contributed by atoms with van der Waals surface area (Å²) in [5.41, 5.74) is 6.07. The maximum absolute atomic E-state index is 12.9. The minimum absolute atomic E-state index is 0.0232. The fraction of sp³-hybridized carbons (Fsp3) is 0.542. The van der Waals surface area contributed by atoms with Gasteiger partial charge in [0.05, 0.1) is 12.6 Å². The fourth-order valence-electron chi connectivity index (χ4n) is 3.42. The highest BCUT2D eigenvalue weighted by Crippen LogP contribution is 2.11. The number of nitrogens with one attached hydrogen (secondary N) is 4. The second-order valence-corrected chi connectivity index (χ2v) is 9.13. The number of aromatic nitrogens is 1. The second-order valence-electron chi connectivity index (χ2n) is 9.13. The van der Waals surface area contributed by atoms with Crippen LogP contribution in [0.3, 0.4) is 0 Å². The van der Waals surface area contributed by atoms with Crippen LogP contribution in [0.5, 0.6) is 0 Å². The van der Waals surface area contributed by atoms with Crippen molar-refractivity contribution >= 4 is 35.5 Å². The van der Waals surface area contributed by atoms with Gasteiger partial charge in [-0.25, -0.2) is 4.79 Å². The highest BCUT2D eigenvalue weighted by atomic mass is 16.4. The van der Waals surface area contributed by atoms with Crippen molar-refractivity contribution in [3.05, 3.63) is 30.1 Å². The van der Waals surface area contributed by atoms with E-state index in [1.807, 2.05) is 0 Å². The van der Waals surface area contributed by atoms with Gasteiger partial charge in [0.25, 0.3) is 5.91 Å². The molecule has 0 spiro atoms. The third kappa shape index (κ3) is 11.1. The van der Waals surface area contributed by atoms with E-state index in [-0.39, 0.29) is 18.8 Å². The van der Waals surface area contributed by atoms with Crippen LogP contribution in [0.25, 0.3) is 0 Å². The molecule has 0 radical (unpaired) electrons. The van der Waals surface area contributed by atoms with Gasteiger partial charge in [0.15, 0.2) is 0 Å². The predicted molar refractivity (Wildman–Crippen MR) is 133 cm³/mol. The van der Waals surface area contributed by atoms with Crippen LogP contribution in [-0.2, 0) is 30.4 Å². The molecule has 0 bridgehead atoms. The van der Waals surface area contributed by atoms with E-state index in [1.54, 1.807) is 39.8 Å². The summed E-state index contributed by atoms with van der Waals surface area (Å²) in [4.78, 5) is 77.1. The van der Waals surface area contributed by atoms with Crippen LogP contribution in [-0.4, -0.2) is 70.3 Å². The van der Waals surface area contributed by atoms with E-state index in [0.29, 0.717) is 12.0 Å². The number of hydrogen-bond donors (Lipinski definition) is 6. The first kappa shape index (κ1) is 31.0. The number of carbonyl (C=O) groups is 6. The number of primary amides is 1. The van der Waals surface area contributed by atoms with Gasteiger partial charge in [-0.3, -0.25) is 29.0 Å². The Morgan fingerprint density at radius 2 is 1.59 bits per heavy atom. The van der Waals surface area contributed by atoms with Crippen LogP contribution in [0.2, 0.25) is 0 Å². The Hall–Kier alpha value is -4.03. The molecule has 0 aliphatic carbocycles. The molecule has 0 saturated carbocycles. The zero-order valence-corrected chi connectivity index (χ0v) is 21.4. The third-order valence-electron chi connectivity index (χ3n) is 5.62. The van der Waals surface area contributed by atoms with Crippen LogP contribution in [0, 0.1) is 11.8 Å². The van der Waals surface area contributed by atoms with Gasteiger partial charge in [0, 0.05) is 18.8 Å². The molecule has 13 nitrogen and oxygen atoms in total. The Kier molecular flexibility index (Phi) is 12.7. The van der Waals surface area contributed by atoms with E-state index in [0.717, 1.165) is 0 Å². The Balaban J connectivity index is 2.81. The van der Waals surface area contributed by atoms with Crippen molar-refractivity contribution in [3.8, 4) is 0 Å². The van der Waals surface area contributed by atoms with E-state index in [9.17, 15) is 28.8 Å². The highest BCUT2D eigenvalue weighted by molar-refractivity contribution is 6.38. The molecule has 1 rings (SSSR count). The number of nitrogens with two attached hydrogens (primary N) is 1. The minimum Gasteiger partial charge on any atom is -0.465 e. The molecule has 0 aromatic carbocycles. The van der Waals surface area contributed by atoms with Gasteiger partial charge in [-0.15, -0.1) is 0 Å². The Bertz CT molecular complexity index is 970. The van der Waals surface area contributed by atoms with E-state index in [2.05, 4.69) is 26.3 Å². The Morgan fingerprint density at radius 3 is 2.11 bits per heavy atom. The van der Waals surface area contributed by atoms with Gasteiger partial charge in [-0.2, -0.15) is 0 Å². The number of rotatable bonds is 15. The maximum atomic E-state index is 12.9. The normalized spacial score (nSPS) is 14.0. The molecule has 13 heteroatoms. The molecule has 0 fully saturated rings. The molecule has 5 amide bonds. The summed E-state index contributed by atoms with van der Waals surface area (Å²) in [5, 5.41) is 18.3. The van der Waals surface area contributed by atoms with Crippen molar-refractivity contribution in [2.45, 2.75) is 65.1 Å². The number of carbonyl (C=O) groups excluding carboxylic acids is 5. The minimum atomic E-state index is -1.39. The number of pyridine rings is 1. The quantitative estimate of drug-likeness (QED) is 0.165. The first-order chi connectivity index (χ1) is 17.3. The lowest BCUT2D eigenvalue weighted by Gasteiger charge is -2.26. The van der Waals surface area contributed by atoms with Gasteiger partial charge in [0.2, 0.25) is 23.5 Å². The van der Waals surface area contributed by atoms with Crippen molar-refractivity contribution in [2.75, 3.05) is 6.54 Å². The summed E-state index contributed by atoms with van der Waals surface area (Å²) in [5.74, 6) is -4.84. The zero-order valence-electron chi connectivity index (χ0n) is 21.4. The SMILES string of the molecule is CC[C@H](C)C(NC(=O)[C@H](CC(C)C)NC(=O)O)C(=O)C(=O)NCC(=O)N[C@@H](Cc1ccncc1)C(N)=O. The molecule has 1 aromatic heterocycles. The number of hydrogen-bond acceptors (Lipinski definition) is 7. The van der Waals surface area contributed by atoms with E-state index in [1.165, 1.54) is 12.4 Å². The lowest BCUT2D eigenvalue weighted by molar-refractivity contribution is -0.141. The molecule has 7 N–H and O–H groups in total. The topological polar surface area (TPSA) is 210 Å². The van der Waals surface area contributed by atoms with Crippen LogP contribution in [0.15, 0.2) is 24.5 Å². The lowest BCUT2D eigenvalue weighted by atomic mass is 9.94. The fourth-order valence-corrected chi connectivity index (χ4v) is 3.42. The maximum Gasteiger partial charge on any atom is 0.405 e. The molecule has 1 heterocycles. The number of amides is 5. The highest BCUT2D eigenvalue weighted by Gasteiger charge is 2.33. The third-order valence-corrected chi connectivity index (χ3v) is 5.62. The largest absolute Gasteiger partial charge is 0.465 e. The standard InChI is InChI=1S/C24H36N6O7/c1-5-14(4)19(30-22(34)17(10-13(2)3)29-24(36)37)20(32)23(35)27-12-18(31)28-16(21(25)33)11-15-6-8-26-9-7-15/h6-9,13-14,16-17,19,29H,5,10-12H2,1-4H3,(H2,25,33)(H,27,35)(H,28,31)(H,30,34)(H,36,37)/t14-,16-,17-,19?/m0/s1. The average molecular weight is 521 g/mol. The van der Waals surface area contributed by atoms with E-state index in [4.69, 9.17) is 10.8 Å². The van der Waals surface area contributed by atoms with Gasteiger partial charge >= 0.3 is 6.09 Å². The average Bonchev–Trinajstić information content (AvgIpc) is 2.83. The van der Waals surface area contributed by atoms with Crippen molar-refractivity contribution in [2.24, 2.45) is 17.6 Å². The molecule has 1 aromatic rings. The van der Waals surface area contributed by atoms with Crippen LogP contribution >= 0.6 is 0 Å². The predicted octanol–water partition coefficient (Wildman–Crippen LogP) is -0.507. The molecule has 0 saturated heterocycles. The number of nitrogens with zero attached hydrogens (tertiary/aromatic N) is 1. The molecular formula is C24H36N6O7. The van der Waals surface area contributed by atoms with Crippen LogP contribution in [0.4, 0.5) is 4.79 Å². The molecule has 37 heavy (non-hydrogen) atoms. The smallest absolute Gasteiger partial charge is 0.405 e. The summed E-state index contributed by atoms with van der Waals surface area (Å²) in [7, 11) is 0. The molecular weight excluding hydrogens is 484 g/mol. The van der Waals surface area contributed by atoms with Crippen LogP contribution < -0.4 is 27.0 Å². The van der Waals surface area contributed by atoms with Crippen molar-refractivity contribution in [1.82, 2.24) is 26.3 Å². The van der Waals surface area contributed by atoms with Gasteiger partial charge in [-0.1, -0.05) is 34.1 Å². The van der Waals surface area contributed by atoms with Gasteiger partial charge in [0.1, 0.15) is 12.1 Å². The Labute approximate surface area is 215 Å². The van der Waals surface area contributed by atoms with Crippen molar-refractivity contribution < 1.29 is 33.9 Å². The summed E-state index contributed by atoms with van der Waals surface area (Å²) in [6, 6.07) is -0.0883. The summed E-state index contributed by atoms with van der Waals surface area (Å²) in [6.45, 7) is 6.42. The van der Waals surface area contributed by atoms with Gasteiger partial charge in [-0.05, 0) is 36.0 Å². The summed E-state index contributed by atoms with van der Waals surface area (Å²) in [6.07, 6.45) is 2.38. The first-order valence-corrected chi connectivity index (χ1v) is 11.9. The summed E-state index contributed by atoms with van der Waals surface area (Å²) >= 11 is 0. The van der Waals surface area contributed by atoms with Crippen molar-refractivity contribution in [1.29, 1.82) is 0 Å². The number of carboxylic acid groups (broad SMARTS) is 1. The molecule has 4 atom stereocenters. The zero-order chi connectivity index (χ0) is 28.1. The molecule has 0 aliphatic rings. The first-order valence-electron chi connectivity index (χ1n) is 11.9. The number of Topliss-reactive ketones (excluding diaryl/α,β-unsaturated/α-hetero) is 1. The molecule has 204 valence electrons. The molecule has 0 aliphatic heterocycles. The lowest BCUT2D eigenvalue weighted by Crippen LogP contribution is -2.56. The van der Waals surface area contributed by atoms with Crippen molar-refractivity contribution in [3.63, 3.8) is 0 Å². The van der Waals surface area contributed by atoms with Gasteiger partial charge < -0.3 is 32.1 Å². The van der Waals surface area contributed by atoms with Crippen LogP contribution in [0.1, 0.15) is 46.1 Å². The second kappa shape index (κ2) is 15.2. The number of ketones is 1. The monoisotopic (exact) mass is 520 g/mol. The van der Waals surface area contributed by atoms with E-state index < -0.39 is 66.1 Å². The molecule has 1 unspecified atom stereocenters. The van der Waals surface area contributed by atoms with E-state index >= 15 is 0 Å². The summed E-state index contributed by atoms with van der Waals surface area (Å²) < 4.78 is 0. The Morgan fingerprint density at radius 1 is 0.973 bits per heavy atom.